The number of hydrogen-bond donors (Lipinski definition) is 1. The van der Waals surface area contributed by atoms with Crippen LogP contribution in [0.5, 0.6) is 0 Å². The Hall–Kier alpha value is -2.86. The van der Waals surface area contributed by atoms with Crippen molar-refractivity contribution in [2.24, 2.45) is 5.10 Å². The molecule has 26 heavy (non-hydrogen) atoms. The summed E-state index contributed by atoms with van der Waals surface area (Å²) in [5.74, 6) is 0. The van der Waals surface area contributed by atoms with Crippen molar-refractivity contribution >= 4 is 28.4 Å². The Balaban J connectivity index is 1.72. The highest BCUT2D eigenvalue weighted by Crippen LogP contribution is 2.41. The molecule has 3 heterocycles. The number of nitrogens with zero attached hydrogens (tertiary/aromatic N) is 4. The summed E-state index contributed by atoms with van der Waals surface area (Å²) in [6, 6.07) is 16.9. The first-order valence-electron chi connectivity index (χ1n) is 8.65. The Kier molecular flexibility index (Phi) is 3.64. The maximum absolute atomic E-state index is 4.88. The van der Waals surface area contributed by atoms with Crippen molar-refractivity contribution in [2.75, 3.05) is 0 Å². The van der Waals surface area contributed by atoms with Gasteiger partial charge in [-0.3, -0.25) is 0 Å². The molecule has 0 radical (unpaired) electrons. The molecular formula is C20H17N5S. The van der Waals surface area contributed by atoms with E-state index in [1.165, 1.54) is 22.0 Å². The average molecular weight is 359 g/mol. The van der Waals surface area contributed by atoms with Crippen LogP contribution in [0.3, 0.4) is 0 Å². The quantitative estimate of drug-likeness (QED) is 0.589. The number of thioether (sulfide) groups is 1. The number of hydrogen-bond acceptors (Lipinski definition) is 4. The molecule has 0 spiro atoms. The van der Waals surface area contributed by atoms with Crippen molar-refractivity contribution in [1.82, 2.24) is 19.9 Å². The molecule has 5 nitrogen and oxygen atoms in total. The number of rotatable bonds is 3. The van der Waals surface area contributed by atoms with E-state index in [1.807, 2.05) is 6.07 Å². The van der Waals surface area contributed by atoms with Gasteiger partial charge in [-0.1, -0.05) is 67.2 Å². The second-order valence-electron chi connectivity index (χ2n) is 6.25. The fourth-order valence-electron chi connectivity index (χ4n) is 3.47. The van der Waals surface area contributed by atoms with Crippen molar-refractivity contribution < 1.29 is 0 Å². The van der Waals surface area contributed by atoms with E-state index in [-0.39, 0.29) is 5.25 Å². The average Bonchev–Trinajstić information content (AvgIpc) is 3.33. The number of para-hydroxylation sites is 1. The van der Waals surface area contributed by atoms with E-state index >= 15 is 0 Å². The molecule has 1 aliphatic heterocycles. The van der Waals surface area contributed by atoms with Gasteiger partial charge in [0.05, 0.1) is 11.0 Å². The Morgan fingerprint density at radius 2 is 2.00 bits per heavy atom. The molecule has 1 aliphatic rings. The standard InChI is InChI=1S/C20H17N5S/c1-2-13-9-6-10-15-16(11-21-17(13)15)18-19(14-7-4-3-5-8-14)26-20-23-22-12-25(20)24-18/h3-12,19,21H,2H2,1H3/t19-/m0/s1. The van der Waals surface area contributed by atoms with Crippen LogP contribution in [-0.4, -0.2) is 25.6 Å². The number of aromatic amines is 1. The van der Waals surface area contributed by atoms with Crippen molar-refractivity contribution in [2.45, 2.75) is 23.8 Å². The lowest BCUT2D eigenvalue weighted by molar-refractivity contribution is 0.748. The number of aryl methyl sites for hydroxylation is 1. The van der Waals surface area contributed by atoms with E-state index in [0.717, 1.165) is 22.9 Å². The molecule has 0 aliphatic carbocycles. The van der Waals surface area contributed by atoms with Crippen LogP contribution in [0.2, 0.25) is 0 Å². The van der Waals surface area contributed by atoms with Crippen molar-refractivity contribution in [3.05, 3.63) is 77.7 Å². The highest BCUT2D eigenvalue weighted by Gasteiger charge is 2.29. The maximum Gasteiger partial charge on any atom is 0.212 e. The molecule has 0 fully saturated rings. The molecule has 0 bridgehead atoms. The zero-order valence-electron chi connectivity index (χ0n) is 14.3. The number of H-pyrrole nitrogens is 1. The number of fused-ring (bicyclic) bond motifs is 2. The van der Waals surface area contributed by atoms with Gasteiger partial charge in [-0.25, -0.2) is 0 Å². The van der Waals surface area contributed by atoms with Crippen LogP contribution < -0.4 is 0 Å². The summed E-state index contributed by atoms with van der Waals surface area (Å²) < 4.78 is 1.77. The predicted octanol–water partition coefficient (Wildman–Crippen LogP) is 4.42. The lowest BCUT2D eigenvalue weighted by Gasteiger charge is -2.22. The van der Waals surface area contributed by atoms with Gasteiger partial charge in [0.15, 0.2) is 0 Å². The van der Waals surface area contributed by atoms with E-state index in [4.69, 9.17) is 5.10 Å². The largest absolute Gasteiger partial charge is 0.360 e. The Morgan fingerprint density at radius 3 is 2.85 bits per heavy atom. The summed E-state index contributed by atoms with van der Waals surface area (Å²) in [6.45, 7) is 2.18. The Labute approximate surface area is 155 Å². The van der Waals surface area contributed by atoms with E-state index in [9.17, 15) is 0 Å². The molecule has 0 saturated carbocycles. The molecule has 1 N–H and O–H groups in total. The number of aromatic nitrogens is 4. The fraction of sp³-hybridized carbons (Fsp3) is 0.150. The van der Waals surface area contributed by atoms with Gasteiger partial charge in [-0.05, 0) is 17.5 Å². The monoisotopic (exact) mass is 359 g/mol. The summed E-state index contributed by atoms with van der Waals surface area (Å²) in [7, 11) is 0. The topological polar surface area (TPSA) is 58.9 Å². The van der Waals surface area contributed by atoms with Crippen LogP contribution in [0.25, 0.3) is 10.9 Å². The lowest BCUT2D eigenvalue weighted by Crippen LogP contribution is -2.17. The lowest BCUT2D eigenvalue weighted by atomic mass is 9.99. The van der Waals surface area contributed by atoms with E-state index < -0.39 is 0 Å². The molecular weight excluding hydrogens is 342 g/mol. The van der Waals surface area contributed by atoms with Gasteiger partial charge in [-0.15, -0.1) is 10.2 Å². The van der Waals surface area contributed by atoms with Crippen LogP contribution >= 0.6 is 11.8 Å². The highest BCUT2D eigenvalue weighted by atomic mass is 32.2. The molecule has 0 saturated heterocycles. The Bertz CT molecular complexity index is 1110. The van der Waals surface area contributed by atoms with Crippen LogP contribution in [0.1, 0.15) is 28.9 Å². The molecule has 4 aromatic rings. The van der Waals surface area contributed by atoms with E-state index in [2.05, 4.69) is 70.8 Å². The molecule has 128 valence electrons. The van der Waals surface area contributed by atoms with Gasteiger partial charge in [-0.2, -0.15) is 9.78 Å². The van der Waals surface area contributed by atoms with Gasteiger partial charge >= 0.3 is 0 Å². The van der Waals surface area contributed by atoms with Gasteiger partial charge in [0.1, 0.15) is 6.33 Å². The second kappa shape index (κ2) is 6.14. The fourth-order valence-corrected chi connectivity index (χ4v) is 4.55. The molecule has 5 rings (SSSR count). The molecule has 0 amide bonds. The van der Waals surface area contributed by atoms with Gasteiger partial charge in [0, 0.05) is 22.7 Å². The summed E-state index contributed by atoms with van der Waals surface area (Å²) >= 11 is 1.69. The molecule has 2 aromatic carbocycles. The third-order valence-electron chi connectivity index (χ3n) is 4.75. The molecule has 6 heteroatoms. The summed E-state index contributed by atoms with van der Waals surface area (Å²) in [6.07, 6.45) is 4.74. The second-order valence-corrected chi connectivity index (χ2v) is 7.32. The first-order valence-corrected chi connectivity index (χ1v) is 9.53. The van der Waals surface area contributed by atoms with E-state index in [0.29, 0.717) is 0 Å². The smallest absolute Gasteiger partial charge is 0.212 e. The van der Waals surface area contributed by atoms with Crippen LogP contribution in [0, 0.1) is 0 Å². The van der Waals surface area contributed by atoms with Crippen molar-refractivity contribution in [1.29, 1.82) is 0 Å². The van der Waals surface area contributed by atoms with Crippen LogP contribution in [0.4, 0.5) is 0 Å². The predicted molar refractivity (Wildman–Crippen MR) is 105 cm³/mol. The molecule has 2 aromatic heterocycles. The third-order valence-corrected chi connectivity index (χ3v) is 5.96. The highest BCUT2D eigenvalue weighted by molar-refractivity contribution is 8.00. The molecule has 0 unspecified atom stereocenters. The zero-order valence-corrected chi connectivity index (χ0v) is 15.1. The first-order chi connectivity index (χ1) is 12.8. The maximum atomic E-state index is 4.88. The summed E-state index contributed by atoms with van der Waals surface area (Å²) in [5.41, 5.74) is 5.88. The van der Waals surface area contributed by atoms with Gasteiger partial charge in [0.2, 0.25) is 5.16 Å². The minimum absolute atomic E-state index is 0.0807. The normalized spacial score (nSPS) is 16.5. The summed E-state index contributed by atoms with van der Waals surface area (Å²) in [4.78, 5) is 3.46. The van der Waals surface area contributed by atoms with Gasteiger partial charge in [0.25, 0.3) is 0 Å². The third kappa shape index (κ3) is 2.37. The SMILES string of the molecule is CCc1cccc2c(C3=Nn4cnnc4S[C@H]3c3ccccc3)c[nH]c12. The van der Waals surface area contributed by atoms with Crippen molar-refractivity contribution in [3.63, 3.8) is 0 Å². The number of benzene rings is 2. The first kappa shape index (κ1) is 15.4. The van der Waals surface area contributed by atoms with Crippen LogP contribution in [-0.2, 0) is 6.42 Å². The zero-order chi connectivity index (χ0) is 17.5. The number of nitrogens with one attached hydrogen (secondary N) is 1. The summed E-state index contributed by atoms with van der Waals surface area (Å²) in [5, 5.41) is 15.2. The Morgan fingerprint density at radius 1 is 1.12 bits per heavy atom. The van der Waals surface area contributed by atoms with Crippen LogP contribution in [0.15, 0.2) is 71.3 Å². The van der Waals surface area contributed by atoms with E-state index in [1.54, 1.807) is 22.8 Å². The molecule has 1 atom stereocenters. The minimum atomic E-state index is 0.0807. The minimum Gasteiger partial charge on any atom is -0.360 e. The van der Waals surface area contributed by atoms with Gasteiger partial charge < -0.3 is 4.98 Å². The van der Waals surface area contributed by atoms with Crippen molar-refractivity contribution in [3.8, 4) is 0 Å².